The minimum Gasteiger partial charge on any atom is -0.444 e. The lowest BCUT2D eigenvalue weighted by atomic mass is 10.1. The highest BCUT2D eigenvalue weighted by Gasteiger charge is 2.46. The highest BCUT2D eigenvalue weighted by atomic mass is 19.4. The first-order chi connectivity index (χ1) is 9.88. The van der Waals surface area contributed by atoms with Crippen LogP contribution >= 0.6 is 0 Å². The average Bonchev–Trinajstić information content (AvgIpc) is 3.03. The van der Waals surface area contributed by atoms with Crippen molar-refractivity contribution < 1.29 is 27.4 Å². The van der Waals surface area contributed by atoms with Gasteiger partial charge < -0.3 is 14.0 Å². The predicted octanol–water partition coefficient (Wildman–Crippen LogP) is 2.53. The lowest BCUT2D eigenvalue weighted by Gasteiger charge is -2.20. The molecular weight excluding hydrogens is 289 g/mol. The molecule has 118 valence electrons. The third-order valence-electron chi connectivity index (χ3n) is 3.33. The van der Waals surface area contributed by atoms with Crippen LogP contribution in [0.5, 0.6) is 0 Å². The Kier molecular flexibility index (Phi) is 4.87. The van der Waals surface area contributed by atoms with Crippen molar-refractivity contribution in [3.05, 3.63) is 18.2 Å². The Morgan fingerprint density at radius 3 is 2.90 bits per heavy atom. The van der Waals surface area contributed by atoms with Gasteiger partial charge in [-0.1, -0.05) is 0 Å². The maximum absolute atomic E-state index is 13.0. The minimum absolute atomic E-state index is 0.0601. The van der Waals surface area contributed by atoms with E-state index in [1.165, 1.54) is 24.0 Å². The smallest absolute Gasteiger partial charge is 0.432 e. The molecule has 2 heterocycles. The molecule has 1 aliphatic rings. The van der Waals surface area contributed by atoms with Gasteiger partial charge >= 0.3 is 12.1 Å². The summed E-state index contributed by atoms with van der Waals surface area (Å²) in [6.07, 6.45) is -2.47. The molecule has 1 aromatic rings. The molecule has 0 unspecified atom stereocenters. The molecule has 0 radical (unpaired) electrons. The number of ether oxygens (including phenoxy) is 2. The topological polar surface area (TPSA) is 53.4 Å². The van der Waals surface area contributed by atoms with E-state index in [1.807, 2.05) is 0 Å². The summed E-state index contributed by atoms with van der Waals surface area (Å²) in [5.74, 6) is -1.23. The van der Waals surface area contributed by atoms with Gasteiger partial charge in [0, 0.05) is 32.5 Å². The normalized spacial score (nSPS) is 20.5. The lowest BCUT2D eigenvalue weighted by molar-refractivity contribution is -0.226. The number of aryl methyl sites for hydroxylation is 1. The Hall–Kier alpha value is -1.57. The van der Waals surface area contributed by atoms with Gasteiger partial charge in [0.05, 0.1) is 6.10 Å². The van der Waals surface area contributed by atoms with Gasteiger partial charge in [0.1, 0.15) is 0 Å². The largest absolute Gasteiger partial charge is 0.444 e. The summed E-state index contributed by atoms with van der Waals surface area (Å²) in [6, 6.07) is 0. The highest BCUT2D eigenvalue weighted by molar-refractivity contribution is 5.69. The third-order valence-corrected chi connectivity index (χ3v) is 3.33. The Morgan fingerprint density at radius 2 is 2.38 bits per heavy atom. The van der Waals surface area contributed by atoms with Gasteiger partial charge in [0.2, 0.25) is 0 Å². The van der Waals surface area contributed by atoms with E-state index in [1.54, 1.807) is 0 Å². The van der Waals surface area contributed by atoms with E-state index in [0.717, 1.165) is 12.8 Å². The summed E-state index contributed by atoms with van der Waals surface area (Å²) in [4.78, 5) is 15.3. The average molecular weight is 306 g/mol. The molecule has 1 aliphatic heterocycles. The Balaban J connectivity index is 1.95. The van der Waals surface area contributed by atoms with Crippen molar-refractivity contribution in [3.8, 4) is 0 Å². The fourth-order valence-electron chi connectivity index (χ4n) is 2.24. The second kappa shape index (κ2) is 6.46. The van der Waals surface area contributed by atoms with Gasteiger partial charge in [-0.3, -0.25) is 4.79 Å². The lowest BCUT2D eigenvalue weighted by Crippen LogP contribution is -2.28. The molecule has 8 heteroatoms. The molecule has 2 rings (SSSR count). The minimum atomic E-state index is -4.70. The molecule has 0 N–H and O–H groups in total. The molecular formula is C13H17F3N2O3. The standard InChI is InChI=1S/C13H17F3N2O3/c1-18-7-6-17-12(18)11(13(14,15)16)21-10(19)5-4-9-3-2-8-20-9/h6-7,9,11H,2-5,8H2,1H3/t9-,11+/m1/s1. The maximum Gasteiger partial charge on any atom is 0.432 e. The number of carbonyl (C=O) groups excluding carboxylic acids is 1. The quantitative estimate of drug-likeness (QED) is 0.784. The number of halogens is 3. The van der Waals surface area contributed by atoms with Crippen molar-refractivity contribution >= 4 is 5.97 Å². The fourth-order valence-corrected chi connectivity index (χ4v) is 2.24. The van der Waals surface area contributed by atoms with E-state index in [9.17, 15) is 18.0 Å². The van der Waals surface area contributed by atoms with Crippen LogP contribution in [0.4, 0.5) is 13.2 Å². The van der Waals surface area contributed by atoms with E-state index < -0.39 is 18.2 Å². The molecule has 0 bridgehead atoms. The highest BCUT2D eigenvalue weighted by Crippen LogP contribution is 2.35. The van der Waals surface area contributed by atoms with Crippen LogP contribution in [0, 0.1) is 0 Å². The number of rotatable bonds is 5. The molecule has 1 aromatic heterocycles. The summed E-state index contributed by atoms with van der Waals surface area (Å²) in [5, 5.41) is 0. The number of imidazole rings is 1. The van der Waals surface area contributed by atoms with Crippen molar-refractivity contribution in [3.63, 3.8) is 0 Å². The number of hydrogen-bond acceptors (Lipinski definition) is 4. The number of carbonyl (C=O) groups is 1. The SMILES string of the molecule is Cn1ccnc1[C@H](OC(=O)CC[C@H]1CCCO1)C(F)(F)F. The third kappa shape index (κ3) is 4.20. The van der Waals surface area contributed by atoms with E-state index in [4.69, 9.17) is 4.74 Å². The van der Waals surface area contributed by atoms with E-state index in [0.29, 0.717) is 13.0 Å². The Morgan fingerprint density at radius 1 is 1.62 bits per heavy atom. The zero-order valence-corrected chi connectivity index (χ0v) is 11.6. The number of aromatic nitrogens is 2. The van der Waals surface area contributed by atoms with Crippen LogP contribution in [0.15, 0.2) is 12.4 Å². The van der Waals surface area contributed by atoms with Gasteiger partial charge in [-0.2, -0.15) is 13.2 Å². The van der Waals surface area contributed by atoms with Crippen LogP contribution in [0.2, 0.25) is 0 Å². The molecule has 1 fully saturated rings. The first kappa shape index (κ1) is 15.8. The molecule has 0 spiro atoms. The van der Waals surface area contributed by atoms with Crippen LogP contribution in [0.3, 0.4) is 0 Å². The molecule has 0 aliphatic carbocycles. The van der Waals surface area contributed by atoms with Gasteiger partial charge in [-0.05, 0) is 19.3 Å². The van der Waals surface area contributed by atoms with Gasteiger partial charge in [0.25, 0.3) is 6.10 Å². The number of esters is 1. The first-order valence-corrected chi connectivity index (χ1v) is 6.73. The van der Waals surface area contributed by atoms with Crippen molar-refractivity contribution in [2.24, 2.45) is 7.05 Å². The Bertz CT molecular complexity index is 481. The predicted molar refractivity (Wildman–Crippen MR) is 66.3 cm³/mol. The number of nitrogens with zero attached hydrogens (tertiary/aromatic N) is 2. The monoisotopic (exact) mass is 306 g/mol. The van der Waals surface area contributed by atoms with Crippen LogP contribution in [0.1, 0.15) is 37.6 Å². The van der Waals surface area contributed by atoms with Crippen LogP contribution < -0.4 is 0 Å². The van der Waals surface area contributed by atoms with E-state index in [2.05, 4.69) is 9.72 Å². The maximum atomic E-state index is 13.0. The molecule has 2 atom stereocenters. The summed E-state index contributed by atoms with van der Waals surface area (Å²) in [5.41, 5.74) is 0. The first-order valence-electron chi connectivity index (χ1n) is 6.73. The zero-order chi connectivity index (χ0) is 15.5. The van der Waals surface area contributed by atoms with E-state index in [-0.39, 0.29) is 18.3 Å². The molecule has 0 amide bonds. The van der Waals surface area contributed by atoms with Gasteiger partial charge in [-0.15, -0.1) is 0 Å². The molecule has 0 saturated carbocycles. The van der Waals surface area contributed by atoms with Crippen LogP contribution in [-0.2, 0) is 21.3 Å². The number of hydrogen-bond donors (Lipinski definition) is 0. The van der Waals surface area contributed by atoms with Crippen molar-refractivity contribution in [2.75, 3.05) is 6.61 Å². The Labute approximate surface area is 120 Å². The second-order valence-corrected chi connectivity index (χ2v) is 4.98. The summed E-state index contributed by atoms with van der Waals surface area (Å²) in [6.45, 7) is 0.637. The van der Waals surface area contributed by atoms with Crippen molar-refractivity contribution in [1.29, 1.82) is 0 Å². The number of alkyl halides is 3. The van der Waals surface area contributed by atoms with Gasteiger partial charge in [-0.25, -0.2) is 4.98 Å². The molecule has 1 saturated heterocycles. The fraction of sp³-hybridized carbons (Fsp3) is 0.692. The summed E-state index contributed by atoms with van der Waals surface area (Å²) >= 11 is 0. The second-order valence-electron chi connectivity index (χ2n) is 4.98. The van der Waals surface area contributed by atoms with Crippen LogP contribution in [0.25, 0.3) is 0 Å². The van der Waals surface area contributed by atoms with Crippen molar-refractivity contribution in [2.45, 2.75) is 44.1 Å². The van der Waals surface area contributed by atoms with E-state index >= 15 is 0 Å². The zero-order valence-electron chi connectivity index (χ0n) is 11.6. The summed E-state index contributed by atoms with van der Waals surface area (Å²) < 4.78 is 50.1. The molecule has 21 heavy (non-hydrogen) atoms. The molecule has 0 aromatic carbocycles. The molecule has 5 nitrogen and oxygen atoms in total. The van der Waals surface area contributed by atoms with Gasteiger partial charge in [0.15, 0.2) is 5.82 Å². The van der Waals surface area contributed by atoms with Crippen LogP contribution in [-0.4, -0.2) is 34.4 Å². The summed E-state index contributed by atoms with van der Waals surface area (Å²) in [7, 11) is 1.42. The van der Waals surface area contributed by atoms with Crippen molar-refractivity contribution in [1.82, 2.24) is 9.55 Å².